The summed E-state index contributed by atoms with van der Waals surface area (Å²) >= 11 is 0. The molecule has 2 aromatic rings. The third-order valence-electron chi connectivity index (χ3n) is 7.83. The molecule has 12 heteroatoms. The van der Waals surface area contributed by atoms with Gasteiger partial charge in [-0.25, -0.2) is 4.39 Å². The fourth-order valence-electron chi connectivity index (χ4n) is 5.57. The normalized spacial score (nSPS) is 16.9. The summed E-state index contributed by atoms with van der Waals surface area (Å²) in [5, 5.41) is 9.72. The van der Waals surface area contributed by atoms with E-state index in [9.17, 15) is 27.6 Å². The summed E-state index contributed by atoms with van der Waals surface area (Å²) in [6, 6.07) is 4.43. The molecule has 1 heterocycles. The summed E-state index contributed by atoms with van der Waals surface area (Å²) in [6.07, 6.45) is 0.979. The standard InChI is InChI=1S/C29H37F4N5O3/c1-5-20(28(41)37(4)15-29(31,32)33)19-10-11-22(21(30)14-19)35-27(40)25(24(17-6-7-17)18-8-9-18)36-26(39)23-12-13-34-38(23)16(2)3/h10-14,16-18,20,24-25H,5-9,15H2,1-4H3,(H,35,40)(H,36,39)/t20?,25-/m0/s1. The highest BCUT2D eigenvalue weighted by atomic mass is 19.4. The zero-order valence-electron chi connectivity index (χ0n) is 23.7. The number of anilines is 1. The number of nitrogens with zero attached hydrogens (tertiary/aromatic N) is 3. The first-order valence-electron chi connectivity index (χ1n) is 14.1. The van der Waals surface area contributed by atoms with Crippen molar-refractivity contribution in [2.24, 2.45) is 17.8 Å². The van der Waals surface area contributed by atoms with Gasteiger partial charge in [0.2, 0.25) is 11.8 Å². The van der Waals surface area contributed by atoms with Gasteiger partial charge in [-0.05, 0) is 87.5 Å². The average Bonchev–Trinajstić information content (AvgIpc) is 3.83. The van der Waals surface area contributed by atoms with Crippen molar-refractivity contribution in [3.05, 3.63) is 47.5 Å². The van der Waals surface area contributed by atoms with Crippen molar-refractivity contribution in [2.75, 3.05) is 18.9 Å². The van der Waals surface area contributed by atoms with E-state index in [-0.39, 0.29) is 29.6 Å². The first kappa shape index (κ1) is 30.5. The Hall–Kier alpha value is -3.44. The van der Waals surface area contributed by atoms with Crippen LogP contribution in [0.2, 0.25) is 0 Å². The van der Waals surface area contributed by atoms with Gasteiger partial charge in [-0.1, -0.05) is 13.0 Å². The zero-order valence-corrected chi connectivity index (χ0v) is 23.7. The largest absolute Gasteiger partial charge is 0.406 e. The molecule has 224 valence electrons. The van der Waals surface area contributed by atoms with Gasteiger partial charge in [0.15, 0.2) is 0 Å². The maximum absolute atomic E-state index is 15.3. The second kappa shape index (κ2) is 12.2. The number of aromatic nitrogens is 2. The number of likely N-dealkylation sites (N-methyl/N-ethyl adjacent to an activating group) is 1. The van der Waals surface area contributed by atoms with Gasteiger partial charge in [0.25, 0.3) is 5.91 Å². The molecule has 0 bridgehead atoms. The van der Waals surface area contributed by atoms with Crippen molar-refractivity contribution in [3.63, 3.8) is 0 Å². The Morgan fingerprint density at radius 2 is 1.73 bits per heavy atom. The van der Waals surface area contributed by atoms with Crippen LogP contribution in [0, 0.1) is 23.6 Å². The van der Waals surface area contributed by atoms with Crippen LogP contribution in [0.4, 0.5) is 23.2 Å². The third-order valence-corrected chi connectivity index (χ3v) is 7.83. The highest BCUT2D eigenvalue weighted by molar-refractivity contribution is 6.01. The fourth-order valence-corrected chi connectivity index (χ4v) is 5.57. The molecule has 2 N–H and O–H groups in total. The van der Waals surface area contributed by atoms with Gasteiger partial charge in [-0.2, -0.15) is 18.3 Å². The van der Waals surface area contributed by atoms with Crippen LogP contribution in [0.15, 0.2) is 30.5 Å². The number of carbonyl (C=O) groups excluding carboxylic acids is 3. The van der Waals surface area contributed by atoms with Crippen molar-refractivity contribution in [1.29, 1.82) is 0 Å². The maximum Gasteiger partial charge on any atom is 0.406 e. The van der Waals surface area contributed by atoms with Crippen LogP contribution in [-0.4, -0.2) is 58.2 Å². The molecule has 2 saturated carbocycles. The van der Waals surface area contributed by atoms with Crippen LogP contribution in [0.1, 0.15) is 80.9 Å². The number of alkyl halides is 3. The second-order valence-corrected chi connectivity index (χ2v) is 11.5. The molecule has 0 spiro atoms. The van der Waals surface area contributed by atoms with Crippen molar-refractivity contribution in [2.45, 2.75) is 77.1 Å². The lowest BCUT2D eigenvalue weighted by molar-refractivity contribution is -0.159. The number of nitrogens with one attached hydrogen (secondary N) is 2. The maximum atomic E-state index is 15.3. The van der Waals surface area contributed by atoms with Gasteiger partial charge >= 0.3 is 6.18 Å². The molecule has 1 aromatic carbocycles. The Morgan fingerprint density at radius 3 is 2.24 bits per heavy atom. The van der Waals surface area contributed by atoms with Crippen molar-refractivity contribution in [1.82, 2.24) is 20.0 Å². The molecule has 3 amide bonds. The summed E-state index contributed by atoms with van der Waals surface area (Å²) in [6.45, 7) is 4.00. The second-order valence-electron chi connectivity index (χ2n) is 11.5. The predicted octanol–water partition coefficient (Wildman–Crippen LogP) is 5.29. The summed E-state index contributed by atoms with van der Waals surface area (Å²) in [4.78, 5) is 40.2. The smallest absolute Gasteiger partial charge is 0.339 e. The highest BCUT2D eigenvalue weighted by Gasteiger charge is 2.48. The molecule has 0 aliphatic heterocycles. The van der Waals surface area contributed by atoms with Gasteiger partial charge < -0.3 is 15.5 Å². The van der Waals surface area contributed by atoms with E-state index in [2.05, 4.69) is 15.7 Å². The molecule has 1 unspecified atom stereocenters. The zero-order chi connectivity index (χ0) is 30.1. The van der Waals surface area contributed by atoms with E-state index in [4.69, 9.17) is 0 Å². The molecular formula is C29H37F4N5O3. The van der Waals surface area contributed by atoms with E-state index < -0.39 is 48.2 Å². The van der Waals surface area contributed by atoms with Crippen LogP contribution >= 0.6 is 0 Å². The first-order chi connectivity index (χ1) is 19.3. The number of carbonyl (C=O) groups is 3. The number of hydrogen-bond donors (Lipinski definition) is 2. The molecule has 0 radical (unpaired) electrons. The van der Waals surface area contributed by atoms with Crippen LogP contribution in [-0.2, 0) is 9.59 Å². The number of rotatable bonds is 12. The third kappa shape index (κ3) is 7.45. The molecule has 41 heavy (non-hydrogen) atoms. The molecule has 0 saturated heterocycles. The molecule has 2 aliphatic carbocycles. The van der Waals surface area contributed by atoms with Crippen LogP contribution in [0.3, 0.4) is 0 Å². The lowest BCUT2D eigenvalue weighted by Gasteiger charge is -2.28. The quantitative estimate of drug-likeness (QED) is 0.334. The van der Waals surface area contributed by atoms with E-state index >= 15 is 4.39 Å². The fraction of sp³-hybridized carbons (Fsp3) is 0.586. The minimum absolute atomic E-state index is 0.0691. The molecule has 2 aliphatic rings. The summed E-state index contributed by atoms with van der Waals surface area (Å²) in [5.41, 5.74) is 0.397. The highest BCUT2D eigenvalue weighted by Crippen LogP contribution is 2.51. The van der Waals surface area contributed by atoms with Gasteiger partial charge in [-0.3, -0.25) is 19.1 Å². The van der Waals surface area contributed by atoms with Crippen molar-refractivity contribution >= 4 is 23.4 Å². The molecule has 4 rings (SSSR count). The van der Waals surface area contributed by atoms with Crippen LogP contribution in [0.25, 0.3) is 0 Å². The summed E-state index contributed by atoms with van der Waals surface area (Å²) in [5.74, 6) is -3.05. The minimum Gasteiger partial charge on any atom is -0.339 e. The Bertz CT molecular complexity index is 1260. The minimum atomic E-state index is -4.55. The lowest BCUT2D eigenvalue weighted by Crippen LogP contribution is -2.50. The van der Waals surface area contributed by atoms with Gasteiger partial charge in [0.05, 0.1) is 11.6 Å². The number of benzene rings is 1. The number of amides is 3. The predicted molar refractivity (Wildman–Crippen MR) is 145 cm³/mol. The monoisotopic (exact) mass is 579 g/mol. The van der Waals surface area contributed by atoms with Crippen molar-refractivity contribution in [3.8, 4) is 0 Å². The average molecular weight is 580 g/mol. The molecule has 2 atom stereocenters. The summed E-state index contributed by atoms with van der Waals surface area (Å²) < 4.78 is 55.2. The first-order valence-corrected chi connectivity index (χ1v) is 14.1. The van der Waals surface area contributed by atoms with Crippen LogP contribution in [0.5, 0.6) is 0 Å². The van der Waals surface area contributed by atoms with E-state index in [1.807, 2.05) is 13.8 Å². The Balaban J connectivity index is 1.53. The van der Waals surface area contributed by atoms with E-state index in [1.54, 1.807) is 17.7 Å². The topological polar surface area (TPSA) is 96.3 Å². The lowest BCUT2D eigenvalue weighted by atomic mass is 9.88. The Morgan fingerprint density at radius 1 is 1.10 bits per heavy atom. The Kier molecular flexibility index (Phi) is 9.08. The number of hydrogen-bond acceptors (Lipinski definition) is 4. The molecule has 1 aromatic heterocycles. The SMILES string of the molecule is CCC(C(=O)N(C)CC(F)(F)F)c1ccc(NC(=O)[C@@H](NC(=O)c2ccnn2C(C)C)C(C2CC2)C2CC2)c(F)c1. The molecule has 2 fully saturated rings. The molecule has 8 nitrogen and oxygen atoms in total. The van der Waals surface area contributed by atoms with Gasteiger partial charge in [-0.15, -0.1) is 0 Å². The van der Waals surface area contributed by atoms with E-state index in [0.29, 0.717) is 22.4 Å². The Labute approximate surface area is 236 Å². The van der Waals surface area contributed by atoms with Gasteiger partial charge in [0.1, 0.15) is 24.1 Å². The van der Waals surface area contributed by atoms with Gasteiger partial charge in [0, 0.05) is 19.3 Å². The number of halogens is 4. The molecular weight excluding hydrogens is 542 g/mol. The van der Waals surface area contributed by atoms with E-state index in [1.165, 1.54) is 18.3 Å². The summed E-state index contributed by atoms with van der Waals surface area (Å²) in [7, 11) is 1.06. The van der Waals surface area contributed by atoms with E-state index in [0.717, 1.165) is 38.8 Å². The van der Waals surface area contributed by atoms with Crippen LogP contribution < -0.4 is 10.6 Å². The van der Waals surface area contributed by atoms with Crippen molar-refractivity contribution < 1.29 is 31.9 Å².